The van der Waals surface area contributed by atoms with Crippen LogP contribution in [0.15, 0.2) is 0 Å². The maximum absolute atomic E-state index is 11.9. The molecule has 7 nitrogen and oxygen atoms in total. The van der Waals surface area contributed by atoms with Crippen molar-refractivity contribution in [1.82, 2.24) is 16.0 Å². The molecule has 0 spiro atoms. The number of hydrogen-bond donors (Lipinski definition) is 4. The Morgan fingerprint density at radius 2 is 2.08 bits per heavy atom. The summed E-state index contributed by atoms with van der Waals surface area (Å²) in [6.07, 6.45) is 3.37. The van der Waals surface area contributed by atoms with Crippen LogP contribution >= 0.6 is 11.8 Å². The van der Waals surface area contributed by atoms with Gasteiger partial charge in [-0.1, -0.05) is 20.3 Å². The fourth-order valence-corrected chi connectivity index (χ4v) is 4.78. The van der Waals surface area contributed by atoms with Crippen molar-refractivity contribution in [2.24, 2.45) is 5.92 Å². The van der Waals surface area contributed by atoms with Crippen LogP contribution in [0.25, 0.3) is 0 Å². The highest BCUT2D eigenvalue weighted by Crippen LogP contribution is 2.33. The van der Waals surface area contributed by atoms with Gasteiger partial charge in [-0.05, 0) is 25.2 Å². The van der Waals surface area contributed by atoms with Crippen molar-refractivity contribution < 1.29 is 19.5 Å². The number of unbranched alkanes of at least 4 members (excludes halogenated alkanes) is 1. The number of urea groups is 1. The summed E-state index contributed by atoms with van der Waals surface area (Å²) in [5.74, 6) is -0.0240. The zero-order chi connectivity index (χ0) is 17.7. The topological polar surface area (TPSA) is 108 Å². The summed E-state index contributed by atoms with van der Waals surface area (Å²) >= 11 is 1.86. The van der Waals surface area contributed by atoms with Crippen LogP contribution in [0.3, 0.4) is 0 Å². The standard InChI is InChI=1S/C16H27N3O4S/c1-9(2)7-10(15(21)22)17-13(20)6-4-3-5-12-14-11(8-24-12)18-16(23)19-14/h9-12,14H,3-8H2,1-2H3,(H,17,20)(H,21,22)(H2,18,19,23)/t10?,11-,12-,14-/m0/s1. The number of rotatable bonds is 9. The van der Waals surface area contributed by atoms with E-state index in [1.54, 1.807) is 0 Å². The maximum atomic E-state index is 11.9. The molecule has 4 atom stereocenters. The number of aliphatic carboxylic acids is 1. The summed E-state index contributed by atoms with van der Waals surface area (Å²) < 4.78 is 0. The Morgan fingerprint density at radius 1 is 1.33 bits per heavy atom. The fourth-order valence-electron chi connectivity index (χ4n) is 3.23. The number of carboxylic acids is 1. The van der Waals surface area contributed by atoms with E-state index >= 15 is 0 Å². The third-order valence-corrected chi connectivity index (χ3v) is 5.93. The molecule has 3 amide bonds. The highest BCUT2D eigenvalue weighted by Gasteiger charge is 2.42. The van der Waals surface area contributed by atoms with E-state index in [9.17, 15) is 14.4 Å². The Balaban J connectivity index is 1.64. The number of nitrogens with one attached hydrogen (secondary N) is 3. The SMILES string of the molecule is CC(C)CC(NC(=O)CCCC[C@@H]1SC[C@@H]2NC(=O)N[C@@H]21)C(=O)O. The molecule has 0 saturated carbocycles. The number of fused-ring (bicyclic) bond motifs is 1. The van der Waals surface area contributed by atoms with Gasteiger partial charge in [-0.15, -0.1) is 0 Å². The number of thioether (sulfide) groups is 1. The number of hydrogen-bond acceptors (Lipinski definition) is 4. The molecule has 0 aliphatic carbocycles. The third kappa shape index (κ3) is 5.29. The third-order valence-electron chi connectivity index (χ3n) is 4.42. The predicted molar refractivity (Wildman–Crippen MR) is 93.0 cm³/mol. The molecule has 1 unspecified atom stereocenters. The first-order chi connectivity index (χ1) is 11.4. The van der Waals surface area contributed by atoms with Crippen LogP contribution in [0.2, 0.25) is 0 Å². The normalized spacial score (nSPS) is 26.6. The van der Waals surface area contributed by atoms with Gasteiger partial charge in [0.1, 0.15) is 6.04 Å². The molecule has 8 heteroatoms. The van der Waals surface area contributed by atoms with Crippen molar-refractivity contribution in [3.63, 3.8) is 0 Å². The molecular formula is C16H27N3O4S. The fraction of sp³-hybridized carbons (Fsp3) is 0.812. The molecule has 0 bridgehead atoms. The second-order valence-corrected chi connectivity index (χ2v) is 8.23. The van der Waals surface area contributed by atoms with Gasteiger partial charge in [0, 0.05) is 17.4 Å². The predicted octanol–water partition coefficient (Wildman–Crippen LogP) is 1.33. The van der Waals surface area contributed by atoms with Crippen LogP contribution in [0, 0.1) is 5.92 Å². The van der Waals surface area contributed by atoms with Crippen LogP contribution in [-0.2, 0) is 9.59 Å². The second-order valence-electron chi connectivity index (χ2n) is 6.96. The molecule has 4 N–H and O–H groups in total. The summed E-state index contributed by atoms with van der Waals surface area (Å²) in [4.78, 5) is 34.4. The molecular weight excluding hydrogens is 330 g/mol. The average molecular weight is 357 g/mol. The van der Waals surface area contributed by atoms with Gasteiger partial charge in [-0.2, -0.15) is 11.8 Å². The lowest BCUT2D eigenvalue weighted by Crippen LogP contribution is -2.41. The van der Waals surface area contributed by atoms with Gasteiger partial charge in [0.2, 0.25) is 5.91 Å². The van der Waals surface area contributed by atoms with Gasteiger partial charge in [-0.3, -0.25) is 4.79 Å². The zero-order valence-electron chi connectivity index (χ0n) is 14.2. The van der Waals surface area contributed by atoms with Gasteiger partial charge in [0.15, 0.2) is 0 Å². The van der Waals surface area contributed by atoms with Crippen molar-refractivity contribution in [3.05, 3.63) is 0 Å². The summed E-state index contributed by atoms with van der Waals surface area (Å²) in [6.45, 7) is 3.87. The van der Waals surface area contributed by atoms with Gasteiger partial charge in [0.25, 0.3) is 0 Å². The van der Waals surface area contributed by atoms with Crippen LogP contribution in [0.1, 0.15) is 46.0 Å². The van der Waals surface area contributed by atoms with E-state index in [-0.39, 0.29) is 29.9 Å². The van der Waals surface area contributed by atoms with E-state index in [1.807, 2.05) is 25.6 Å². The molecule has 0 aromatic heterocycles. The molecule has 2 heterocycles. The largest absolute Gasteiger partial charge is 0.480 e. The molecule has 2 rings (SSSR count). The van der Waals surface area contributed by atoms with Crippen molar-refractivity contribution in [2.75, 3.05) is 5.75 Å². The summed E-state index contributed by atoms with van der Waals surface area (Å²) in [7, 11) is 0. The Morgan fingerprint density at radius 3 is 2.75 bits per heavy atom. The number of carbonyl (C=O) groups excluding carboxylic acids is 2. The Labute approximate surface area is 146 Å². The molecule has 2 aliphatic rings. The molecule has 2 fully saturated rings. The Hall–Kier alpha value is -1.44. The molecule has 136 valence electrons. The molecule has 24 heavy (non-hydrogen) atoms. The summed E-state index contributed by atoms with van der Waals surface area (Å²) in [6, 6.07) is -0.468. The van der Waals surface area contributed by atoms with Crippen molar-refractivity contribution in [3.8, 4) is 0 Å². The first-order valence-electron chi connectivity index (χ1n) is 8.57. The van der Waals surface area contributed by atoms with Crippen molar-refractivity contribution in [2.45, 2.75) is 69.3 Å². The van der Waals surface area contributed by atoms with Crippen LogP contribution < -0.4 is 16.0 Å². The van der Waals surface area contributed by atoms with Crippen LogP contribution in [0.4, 0.5) is 4.79 Å². The second kappa shape index (κ2) is 8.60. The minimum Gasteiger partial charge on any atom is -0.480 e. The Kier molecular flexibility index (Phi) is 6.77. The highest BCUT2D eigenvalue weighted by atomic mass is 32.2. The van der Waals surface area contributed by atoms with E-state index in [0.717, 1.165) is 25.0 Å². The van der Waals surface area contributed by atoms with Gasteiger partial charge in [0.05, 0.1) is 12.1 Å². The minimum absolute atomic E-state index is 0.0838. The van der Waals surface area contributed by atoms with Crippen LogP contribution in [-0.4, -0.2) is 52.1 Å². The zero-order valence-corrected chi connectivity index (χ0v) is 15.0. The molecule has 0 aromatic carbocycles. The number of carbonyl (C=O) groups is 3. The molecule has 0 aromatic rings. The van der Waals surface area contributed by atoms with E-state index < -0.39 is 12.0 Å². The van der Waals surface area contributed by atoms with Crippen molar-refractivity contribution in [1.29, 1.82) is 0 Å². The maximum Gasteiger partial charge on any atom is 0.326 e. The summed E-state index contributed by atoms with van der Waals surface area (Å²) in [5.41, 5.74) is 0. The quantitative estimate of drug-likeness (QED) is 0.368. The monoisotopic (exact) mass is 357 g/mol. The summed E-state index contributed by atoms with van der Waals surface area (Å²) in [5, 5.41) is 18.0. The first-order valence-corrected chi connectivity index (χ1v) is 9.62. The van der Waals surface area contributed by atoms with Gasteiger partial charge < -0.3 is 21.1 Å². The van der Waals surface area contributed by atoms with Gasteiger partial charge in [-0.25, -0.2) is 9.59 Å². The van der Waals surface area contributed by atoms with E-state index in [2.05, 4.69) is 16.0 Å². The highest BCUT2D eigenvalue weighted by molar-refractivity contribution is 8.00. The van der Waals surface area contributed by atoms with E-state index in [4.69, 9.17) is 5.11 Å². The average Bonchev–Trinajstić information content (AvgIpc) is 3.02. The Bertz CT molecular complexity index is 486. The van der Waals surface area contributed by atoms with Crippen LogP contribution in [0.5, 0.6) is 0 Å². The first kappa shape index (κ1) is 18.9. The van der Waals surface area contributed by atoms with Crippen molar-refractivity contribution >= 4 is 29.7 Å². The number of carboxylic acid groups (broad SMARTS) is 1. The van der Waals surface area contributed by atoms with Gasteiger partial charge >= 0.3 is 12.0 Å². The lowest BCUT2D eigenvalue weighted by atomic mass is 10.0. The molecule has 2 aliphatic heterocycles. The lowest BCUT2D eigenvalue weighted by molar-refractivity contribution is -0.142. The minimum atomic E-state index is -0.977. The number of amides is 3. The van der Waals surface area contributed by atoms with E-state index in [0.29, 0.717) is 18.1 Å². The molecule has 0 radical (unpaired) electrons. The van der Waals surface area contributed by atoms with E-state index in [1.165, 1.54) is 0 Å². The lowest BCUT2D eigenvalue weighted by Gasteiger charge is -2.17. The molecule has 2 saturated heterocycles. The smallest absolute Gasteiger partial charge is 0.326 e.